The molecule has 1 N–H and O–H groups in total. The van der Waals surface area contributed by atoms with E-state index in [9.17, 15) is 31.5 Å². The van der Waals surface area contributed by atoms with Crippen molar-refractivity contribution in [2.75, 3.05) is 6.26 Å². The van der Waals surface area contributed by atoms with E-state index in [4.69, 9.17) is 28.2 Å². The Kier molecular flexibility index (Phi) is 9.44. The average molecular weight is 686 g/mol. The molecule has 0 spiro atoms. The van der Waals surface area contributed by atoms with Gasteiger partial charge in [0.2, 0.25) is 0 Å². The summed E-state index contributed by atoms with van der Waals surface area (Å²) in [6, 6.07) is 21.6. The number of carboxylic acids is 1. The van der Waals surface area contributed by atoms with Crippen molar-refractivity contribution in [2.45, 2.75) is 18.5 Å². The summed E-state index contributed by atoms with van der Waals surface area (Å²) in [7, 11) is -3.48. The summed E-state index contributed by atoms with van der Waals surface area (Å²) in [4.78, 5) is 16.4. The number of aromatic nitrogens is 2. The molecule has 1 heterocycles. The van der Waals surface area contributed by atoms with E-state index in [1.54, 1.807) is 53.2 Å². The zero-order valence-corrected chi connectivity index (χ0v) is 26.4. The van der Waals surface area contributed by atoms with Crippen LogP contribution < -0.4 is 0 Å². The molecule has 12 heteroatoms. The summed E-state index contributed by atoms with van der Waals surface area (Å²) in [6.07, 6.45) is 2.02. The zero-order chi connectivity index (χ0) is 33.2. The Balaban J connectivity index is 1.49. The quantitative estimate of drug-likeness (QED) is 0.167. The molecule has 5 aromatic rings. The molecule has 0 fully saturated rings. The van der Waals surface area contributed by atoms with E-state index in [0.29, 0.717) is 43.8 Å². The van der Waals surface area contributed by atoms with Gasteiger partial charge in [0.1, 0.15) is 5.82 Å². The van der Waals surface area contributed by atoms with Crippen molar-refractivity contribution in [3.63, 3.8) is 0 Å². The lowest BCUT2D eigenvalue weighted by Gasteiger charge is -2.12. The minimum absolute atomic E-state index is 0.0264. The van der Waals surface area contributed by atoms with Gasteiger partial charge >= 0.3 is 12.1 Å². The summed E-state index contributed by atoms with van der Waals surface area (Å²) < 4.78 is 65.0. The number of halogens is 5. The number of benzene rings is 4. The largest absolute Gasteiger partial charge is 0.478 e. The van der Waals surface area contributed by atoms with Gasteiger partial charge < -0.3 is 9.67 Å². The number of hydrogen-bond donors (Lipinski definition) is 1. The Bertz CT molecular complexity index is 2060. The highest BCUT2D eigenvalue weighted by Gasteiger charge is 2.30. The third kappa shape index (κ3) is 8.06. The number of sulfone groups is 1. The van der Waals surface area contributed by atoms with Crippen molar-refractivity contribution in [3.8, 4) is 22.4 Å². The number of rotatable bonds is 9. The Hall–Kier alpha value is -4.38. The summed E-state index contributed by atoms with van der Waals surface area (Å²) in [6.45, 7) is 0.176. The van der Waals surface area contributed by atoms with E-state index in [2.05, 4.69) is 0 Å². The molecule has 0 radical (unpaired) electrons. The fourth-order valence-electron chi connectivity index (χ4n) is 4.84. The molecule has 0 aliphatic rings. The van der Waals surface area contributed by atoms with E-state index in [0.717, 1.165) is 29.5 Å². The van der Waals surface area contributed by atoms with Crippen molar-refractivity contribution >= 4 is 51.2 Å². The van der Waals surface area contributed by atoms with E-state index >= 15 is 0 Å². The molecule has 4 aromatic carbocycles. The van der Waals surface area contributed by atoms with Crippen LogP contribution >= 0.6 is 23.2 Å². The first-order valence-corrected chi connectivity index (χ1v) is 16.5. The Morgan fingerprint density at radius 2 is 1.54 bits per heavy atom. The van der Waals surface area contributed by atoms with Gasteiger partial charge in [-0.1, -0.05) is 71.7 Å². The van der Waals surface area contributed by atoms with Gasteiger partial charge in [-0.3, -0.25) is 0 Å². The first-order valence-electron chi connectivity index (χ1n) is 13.7. The molecular formula is C34H25Cl2F3N2O4S. The normalized spacial score (nSPS) is 12.1. The summed E-state index contributed by atoms with van der Waals surface area (Å²) >= 11 is 12.6. The number of nitrogens with zero attached hydrogens (tertiary/aromatic N) is 2. The monoisotopic (exact) mass is 684 g/mol. The van der Waals surface area contributed by atoms with Gasteiger partial charge in [0.25, 0.3) is 0 Å². The van der Waals surface area contributed by atoms with E-state index < -0.39 is 27.5 Å². The van der Waals surface area contributed by atoms with E-state index in [1.165, 1.54) is 24.3 Å². The number of carbonyl (C=O) groups is 1. The first kappa shape index (κ1) is 33.0. The molecule has 0 saturated carbocycles. The highest BCUT2D eigenvalue weighted by atomic mass is 35.5. The van der Waals surface area contributed by atoms with Crippen LogP contribution in [0.25, 0.3) is 34.5 Å². The summed E-state index contributed by atoms with van der Waals surface area (Å²) in [5.74, 6) is -1.01. The molecule has 1 aromatic heterocycles. The molecule has 0 bridgehead atoms. The SMILES string of the molecule is CS(=O)(=O)Cc1cc(C(=O)O)ccc1Cn1cc(-c2ccc(Cl)cc2Cl)nc1/C=C/c1ccc(-c2ccc(C(F)(F)F)cc2)cc1. The number of alkyl halides is 3. The van der Waals surface area contributed by atoms with Gasteiger partial charge in [-0.2, -0.15) is 13.2 Å². The van der Waals surface area contributed by atoms with Gasteiger partial charge in [0, 0.05) is 29.6 Å². The van der Waals surface area contributed by atoms with Gasteiger partial charge in [-0.05, 0) is 76.4 Å². The van der Waals surface area contributed by atoms with Crippen LogP contribution in [0.5, 0.6) is 0 Å². The maximum absolute atomic E-state index is 12.9. The van der Waals surface area contributed by atoms with Crippen LogP contribution in [0.3, 0.4) is 0 Å². The van der Waals surface area contributed by atoms with Crippen molar-refractivity contribution in [1.82, 2.24) is 9.55 Å². The van der Waals surface area contributed by atoms with Crippen molar-refractivity contribution in [3.05, 3.63) is 135 Å². The molecule has 0 aliphatic carbocycles. The number of imidazole rings is 1. The maximum Gasteiger partial charge on any atom is 0.416 e. The Morgan fingerprint density at radius 1 is 0.891 bits per heavy atom. The number of aromatic carboxylic acids is 1. The fourth-order valence-corrected chi connectivity index (χ4v) is 6.18. The van der Waals surface area contributed by atoms with Gasteiger partial charge in [0.15, 0.2) is 9.84 Å². The zero-order valence-electron chi connectivity index (χ0n) is 24.1. The predicted molar refractivity (Wildman–Crippen MR) is 175 cm³/mol. The average Bonchev–Trinajstić information content (AvgIpc) is 3.38. The molecular weight excluding hydrogens is 660 g/mol. The second-order valence-electron chi connectivity index (χ2n) is 10.6. The van der Waals surface area contributed by atoms with Crippen molar-refractivity contribution < 1.29 is 31.5 Å². The van der Waals surface area contributed by atoms with Crippen LogP contribution in [0.15, 0.2) is 91.1 Å². The molecule has 236 valence electrons. The summed E-state index contributed by atoms with van der Waals surface area (Å²) in [5.41, 5.74) is 3.54. The highest BCUT2D eigenvalue weighted by molar-refractivity contribution is 7.89. The van der Waals surface area contributed by atoms with Crippen molar-refractivity contribution in [2.24, 2.45) is 0 Å². The molecule has 0 amide bonds. The van der Waals surface area contributed by atoms with Crippen LogP contribution in [-0.2, 0) is 28.3 Å². The highest BCUT2D eigenvalue weighted by Crippen LogP contribution is 2.32. The minimum Gasteiger partial charge on any atom is -0.478 e. The Labute approximate surface area is 273 Å². The molecule has 0 unspecified atom stereocenters. The van der Waals surface area contributed by atoms with Crippen LogP contribution in [0, 0.1) is 0 Å². The van der Waals surface area contributed by atoms with E-state index in [1.807, 2.05) is 18.2 Å². The lowest BCUT2D eigenvalue weighted by Crippen LogP contribution is -2.10. The molecule has 0 saturated heterocycles. The standard InChI is InChI=1S/C34H25Cl2F3N2O4S/c1-46(44,45)20-26-16-24(33(42)43)7-8-25(26)18-41-19-31(29-14-13-28(35)17-30(29)36)40-32(41)15-4-21-2-5-22(6-3-21)23-9-11-27(12-10-23)34(37,38)39/h2-17,19H,18,20H2,1H3,(H,42,43)/b15-4+. The predicted octanol–water partition coefficient (Wildman–Crippen LogP) is 9.00. The molecule has 0 atom stereocenters. The topological polar surface area (TPSA) is 89.3 Å². The third-order valence-corrected chi connectivity index (χ3v) is 8.49. The molecule has 0 aliphatic heterocycles. The first-order chi connectivity index (χ1) is 21.7. The molecule has 6 nitrogen and oxygen atoms in total. The smallest absolute Gasteiger partial charge is 0.416 e. The number of carboxylic acid groups (broad SMARTS) is 1. The van der Waals surface area contributed by atoms with Crippen LogP contribution in [0.2, 0.25) is 10.0 Å². The van der Waals surface area contributed by atoms with Gasteiger partial charge in [-0.15, -0.1) is 0 Å². The lowest BCUT2D eigenvalue weighted by molar-refractivity contribution is -0.137. The fraction of sp³-hybridized carbons (Fsp3) is 0.118. The Morgan fingerprint density at radius 3 is 2.13 bits per heavy atom. The van der Waals surface area contributed by atoms with Crippen LogP contribution in [0.4, 0.5) is 13.2 Å². The van der Waals surface area contributed by atoms with Crippen LogP contribution in [0.1, 0.15) is 38.4 Å². The molecule has 5 rings (SSSR count). The summed E-state index contributed by atoms with van der Waals surface area (Å²) in [5, 5.41) is 10.3. The third-order valence-electron chi connectivity index (χ3n) is 7.11. The van der Waals surface area contributed by atoms with Gasteiger partial charge in [0.05, 0.1) is 27.6 Å². The van der Waals surface area contributed by atoms with Gasteiger partial charge in [-0.25, -0.2) is 18.2 Å². The van der Waals surface area contributed by atoms with E-state index in [-0.39, 0.29) is 17.9 Å². The second-order valence-corrected chi connectivity index (χ2v) is 13.6. The number of hydrogen-bond acceptors (Lipinski definition) is 4. The molecule has 46 heavy (non-hydrogen) atoms. The van der Waals surface area contributed by atoms with Crippen LogP contribution in [-0.4, -0.2) is 35.3 Å². The lowest BCUT2D eigenvalue weighted by atomic mass is 10.0. The minimum atomic E-state index is -4.41. The van der Waals surface area contributed by atoms with Crippen molar-refractivity contribution in [1.29, 1.82) is 0 Å². The maximum atomic E-state index is 12.9. The second kappa shape index (κ2) is 13.2.